The molecular formula is Cl2N2P. The zero-order chi connectivity index (χ0) is 3.41. The summed E-state index contributed by atoms with van der Waals surface area (Å²) in [7, 11) is 0. The Hall–Kier alpha value is 0.610. The Morgan fingerprint density at radius 1 is 1.00 bits per heavy atom. The standard InChI is InChI=1S/Cl2N2.P/c1-3-4-2;. The van der Waals surface area contributed by atoms with E-state index in [0.717, 1.165) is 0 Å². The molecule has 5 heteroatoms. The SMILES string of the molecule is ClN=NCl.[P]. The largest absolute Gasteiger partial charge is 0.0615 e. The highest BCUT2D eigenvalue weighted by molar-refractivity contribution is 6.92. The molecule has 0 aliphatic heterocycles. The molecule has 0 aromatic rings. The molecule has 0 heterocycles. The molecule has 0 fully saturated rings. The second-order valence-electron chi connectivity index (χ2n) is 0.151. The van der Waals surface area contributed by atoms with Crippen molar-refractivity contribution in [3.8, 4) is 0 Å². The van der Waals surface area contributed by atoms with Gasteiger partial charge in [0.25, 0.3) is 0 Å². The van der Waals surface area contributed by atoms with Crippen molar-refractivity contribution >= 4 is 33.5 Å². The average molecular weight is 130 g/mol. The molecule has 0 aliphatic carbocycles. The molecule has 0 unspecified atom stereocenters. The summed E-state index contributed by atoms with van der Waals surface area (Å²) in [5, 5.41) is 0. The average Bonchev–Trinajstić information content (AvgIpc) is 1.37. The lowest BCUT2D eigenvalue weighted by atomic mass is 13.3. The lowest BCUT2D eigenvalue weighted by Gasteiger charge is -1.44. The van der Waals surface area contributed by atoms with Crippen LogP contribution >= 0.6 is 33.5 Å². The van der Waals surface area contributed by atoms with Gasteiger partial charge in [0, 0.05) is 9.90 Å². The first-order valence-corrected chi connectivity index (χ1v) is 1.21. The fraction of sp³-hybridized carbons (Fsp3) is 0. The van der Waals surface area contributed by atoms with Gasteiger partial charge in [0.05, 0.1) is 23.6 Å². The third-order valence-corrected chi connectivity index (χ3v) is 0.257. The molecule has 0 bridgehead atoms. The molecule has 0 amide bonds. The Bertz CT molecular complexity index is 22.8. The number of halogens is 2. The van der Waals surface area contributed by atoms with Crippen LogP contribution in [0.25, 0.3) is 0 Å². The lowest BCUT2D eigenvalue weighted by Crippen LogP contribution is -1.09. The summed E-state index contributed by atoms with van der Waals surface area (Å²) in [4.78, 5) is 0. The predicted molar refractivity (Wildman–Crippen MR) is 23.5 cm³/mol. The van der Waals surface area contributed by atoms with E-state index in [-0.39, 0.29) is 9.90 Å². The summed E-state index contributed by atoms with van der Waals surface area (Å²) in [6.07, 6.45) is 0. The number of hydrogen-bond donors (Lipinski definition) is 0. The quantitative estimate of drug-likeness (QED) is 0.355. The Morgan fingerprint density at radius 2 is 1.20 bits per heavy atom. The van der Waals surface area contributed by atoms with Gasteiger partial charge in [0.2, 0.25) is 0 Å². The fourth-order valence-electron chi connectivity index (χ4n) is 0. The van der Waals surface area contributed by atoms with Crippen LogP contribution in [0, 0.1) is 0 Å². The van der Waals surface area contributed by atoms with Crippen molar-refractivity contribution in [2.45, 2.75) is 0 Å². The van der Waals surface area contributed by atoms with Gasteiger partial charge >= 0.3 is 0 Å². The van der Waals surface area contributed by atoms with E-state index in [1.807, 2.05) is 0 Å². The first kappa shape index (κ1) is 9.15. The smallest absolute Gasteiger partial charge is 0.0615 e. The minimum absolute atomic E-state index is 0. The molecule has 0 saturated heterocycles. The minimum atomic E-state index is 0. The van der Waals surface area contributed by atoms with Gasteiger partial charge < -0.3 is 0 Å². The third kappa shape index (κ3) is 12.1. The molecule has 0 rings (SSSR count). The van der Waals surface area contributed by atoms with E-state index in [4.69, 9.17) is 0 Å². The van der Waals surface area contributed by atoms with E-state index in [2.05, 4.69) is 32.8 Å². The van der Waals surface area contributed by atoms with Gasteiger partial charge in [-0.2, -0.15) is 0 Å². The van der Waals surface area contributed by atoms with Crippen molar-refractivity contribution in [1.82, 2.24) is 0 Å². The molecule has 2 nitrogen and oxygen atoms in total. The van der Waals surface area contributed by atoms with Crippen LogP contribution in [0.4, 0.5) is 0 Å². The van der Waals surface area contributed by atoms with Crippen LogP contribution in [-0.4, -0.2) is 0 Å². The van der Waals surface area contributed by atoms with E-state index < -0.39 is 0 Å². The van der Waals surface area contributed by atoms with Gasteiger partial charge in [-0.25, -0.2) is 0 Å². The van der Waals surface area contributed by atoms with E-state index in [0.29, 0.717) is 0 Å². The van der Waals surface area contributed by atoms with Gasteiger partial charge in [0.15, 0.2) is 0 Å². The van der Waals surface area contributed by atoms with E-state index in [1.165, 1.54) is 0 Å². The van der Waals surface area contributed by atoms with E-state index in [9.17, 15) is 0 Å². The molecule has 0 atom stereocenters. The Balaban J connectivity index is 0. The maximum atomic E-state index is 4.51. The van der Waals surface area contributed by atoms with Crippen LogP contribution in [0.2, 0.25) is 0 Å². The summed E-state index contributed by atoms with van der Waals surface area (Å²) in [6.45, 7) is 0. The molecule has 0 aliphatic rings. The summed E-state index contributed by atoms with van der Waals surface area (Å²) in [5.74, 6) is 0. The first-order valence-electron chi connectivity index (χ1n) is 0.538. The zero-order valence-corrected chi connectivity index (χ0v) is 4.50. The van der Waals surface area contributed by atoms with Crippen LogP contribution in [0.5, 0.6) is 0 Å². The predicted octanol–water partition coefficient (Wildman–Crippen LogP) is 2.61. The monoisotopic (exact) mass is 129 g/mol. The Labute approximate surface area is 43.4 Å². The van der Waals surface area contributed by atoms with Gasteiger partial charge in [0.1, 0.15) is 0 Å². The topological polar surface area (TPSA) is 24.7 Å². The molecular weight excluding hydrogens is 130 g/mol. The molecule has 5 heavy (non-hydrogen) atoms. The third-order valence-electron chi connectivity index (χ3n) is 0.0286. The van der Waals surface area contributed by atoms with Crippen LogP contribution in [0.3, 0.4) is 0 Å². The highest BCUT2D eigenvalue weighted by Crippen LogP contribution is 1.80. The number of hydrogen-bond acceptors (Lipinski definition) is 2. The van der Waals surface area contributed by atoms with Gasteiger partial charge in [-0.1, -0.05) is 9.27 Å². The van der Waals surface area contributed by atoms with E-state index in [1.54, 1.807) is 0 Å². The number of nitrogens with zero attached hydrogens (tertiary/aromatic N) is 2. The summed E-state index contributed by atoms with van der Waals surface area (Å²) >= 11 is 9.02. The fourth-order valence-corrected chi connectivity index (χ4v) is 0. The van der Waals surface area contributed by atoms with Crippen molar-refractivity contribution in [3.05, 3.63) is 0 Å². The molecule has 0 aromatic heterocycles. The second kappa shape index (κ2) is 8.82. The van der Waals surface area contributed by atoms with Crippen molar-refractivity contribution in [2.24, 2.45) is 9.27 Å². The van der Waals surface area contributed by atoms with Crippen LogP contribution in [0.15, 0.2) is 9.27 Å². The van der Waals surface area contributed by atoms with Gasteiger partial charge in [-0.15, -0.1) is 0 Å². The van der Waals surface area contributed by atoms with Gasteiger partial charge in [-0.3, -0.25) is 0 Å². The summed E-state index contributed by atoms with van der Waals surface area (Å²) in [6, 6.07) is 0. The second-order valence-corrected chi connectivity index (χ2v) is 0.454. The van der Waals surface area contributed by atoms with Crippen molar-refractivity contribution < 1.29 is 0 Å². The van der Waals surface area contributed by atoms with E-state index >= 15 is 0 Å². The maximum absolute atomic E-state index is 4.51. The minimum Gasteiger partial charge on any atom is -0.0615 e. The first-order chi connectivity index (χ1) is 1.91. The molecule has 0 aromatic carbocycles. The Morgan fingerprint density at radius 3 is 1.20 bits per heavy atom. The molecule has 0 N–H and O–H groups in total. The van der Waals surface area contributed by atoms with Crippen molar-refractivity contribution in [2.75, 3.05) is 0 Å². The highest BCUT2D eigenvalue weighted by atomic mass is 35.5. The zero-order valence-electron chi connectivity index (χ0n) is 2.10. The Kier molecular flexibility index (Phi) is 16.1. The van der Waals surface area contributed by atoms with Crippen LogP contribution < -0.4 is 0 Å². The highest BCUT2D eigenvalue weighted by Gasteiger charge is 1.40. The normalized spacial score (nSPS) is 7.60. The molecule has 0 saturated carbocycles. The molecule has 3 radical (unpaired) electrons. The van der Waals surface area contributed by atoms with Gasteiger partial charge in [-0.05, 0) is 0 Å². The molecule has 29 valence electrons. The van der Waals surface area contributed by atoms with Crippen molar-refractivity contribution in [3.63, 3.8) is 0 Å². The maximum Gasteiger partial charge on any atom is 0.0615 e. The lowest BCUT2D eigenvalue weighted by molar-refractivity contribution is 1.49. The number of rotatable bonds is 0. The van der Waals surface area contributed by atoms with Crippen molar-refractivity contribution in [1.29, 1.82) is 0 Å². The summed E-state index contributed by atoms with van der Waals surface area (Å²) < 4.78 is 5.20. The van der Waals surface area contributed by atoms with Crippen LogP contribution in [0.1, 0.15) is 0 Å². The summed E-state index contributed by atoms with van der Waals surface area (Å²) in [5.41, 5.74) is 0. The van der Waals surface area contributed by atoms with Crippen LogP contribution in [-0.2, 0) is 0 Å². The molecule has 0 spiro atoms.